The average Bonchev–Trinajstić information content (AvgIpc) is 2.94. The summed E-state index contributed by atoms with van der Waals surface area (Å²) in [6, 6.07) is 3.00. The van der Waals surface area contributed by atoms with Gasteiger partial charge in [0.25, 0.3) is 11.5 Å². The number of hydrogen-bond donors (Lipinski definition) is 4. The third-order valence-electron chi connectivity index (χ3n) is 2.75. The number of thioether (sulfide) groups is 1. The van der Waals surface area contributed by atoms with Crippen LogP contribution in [0, 0.1) is 0 Å². The Morgan fingerprint density at radius 2 is 2.16 bits per heavy atom. The van der Waals surface area contributed by atoms with E-state index in [0.29, 0.717) is 4.67 Å². The summed E-state index contributed by atoms with van der Waals surface area (Å²) >= 11 is 4.11. The molecule has 2 rings (SSSR count). The highest BCUT2D eigenvalue weighted by atomic mass is 79.9. The number of amides is 2. The van der Waals surface area contributed by atoms with E-state index in [2.05, 4.69) is 36.5 Å². The highest BCUT2D eigenvalue weighted by Gasteiger charge is 2.17. The van der Waals surface area contributed by atoms with Crippen LogP contribution in [0.3, 0.4) is 0 Å². The van der Waals surface area contributed by atoms with Gasteiger partial charge in [0.05, 0.1) is 5.75 Å². The molecule has 0 radical (unpaired) electrons. The Hall–Kier alpha value is -2.27. The van der Waals surface area contributed by atoms with Crippen LogP contribution in [0.15, 0.2) is 31.2 Å². The fourth-order valence-electron chi connectivity index (χ4n) is 1.77. The van der Waals surface area contributed by atoms with E-state index < -0.39 is 11.5 Å². The maximum absolute atomic E-state index is 12.1. The van der Waals surface area contributed by atoms with Crippen molar-refractivity contribution >= 4 is 51.0 Å². The second-order valence-electron chi connectivity index (χ2n) is 5.20. The van der Waals surface area contributed by atoms with E-state index in [1.54, 1.807) is 6.07 Å². The standard InChI is InChI=1S/C14H16BrN5O4S/c1-6(2)17-9(21)5-25-14-19-11(16)10(13(23)20-14)18-12(22)7-3-4-8(15)24-7/h3-4,6H,5H2,1-2H3,(H,17,21)(H,18,22)(H3,16,19,20,23). The SMILES string of the molecule is CC(C)NC(=O)CSc1nc(N)c(NC(=O)c2ccc(Br)o2)c(=O)[nH]1. The van der Waals surface area contributed by atoms with Crippen LogP contribution in [0.2, 0.25) is 0 Å². The largest absolute Gasteiger partial charge is 0.444 e. The third-order valence-corrected chi connectivity index (χ3v) is 4.05. The number of hydrogen-bond acceptors (Lipinski definition) is 7. The molecule has 2 amide bonds. The summed E-state index contributed by atoms with van der Waals surface area (Å²) in [5, 5.41) is 5.25. The molecule has 0 aliphatic rings. The molecule has 134 valence electrons. The van der Waals surface area contributed by atoms with Crippen molar-refractivity contribution < 1.29 is 14.0 Å². The molecule has 25 heavy (non-hydrogen) atoms. The summed E-state index contributed by atoms with van der Waals surface area (Å²) in [5.74, 6) is -0.903. The molecule has 0 unspecified atom stereocenters. The Bertz CT molecular complexity index is 848. The minimum Gasteiger partial charge on any atom is -0.444 e. The number of anilines is 2. The molecule has 2 aromatic rings. The number of aromatic nitrogens is 2. The van der Waals surface area contributed by atoms with E-state index in [1.165, 1.54) is 6.07 Å². The lowest BCUT2D eigenvalue weighted by Crippen LogP contribution is -2.31. The van der Waals surface area contributed by atoms with Gasteiger partial charge in [-0.3, -0.25) is 19.4 Å². The van der Waals surface area contributed by atoms with Crippen molar-refractivity contribution in [2.24, 2.45) is 0 Å². The molecule has 5 N–H and O–H groups in total. The first-order valence-corrected chi connectivity index (χ1v) is 8.92. The van der Waals surface area contributed by atoms with Gasteiger partial charge in [0.2, 0.25) is 5.91 Å². The topological polar surface area (TPSA) is 143 Å². The van der Waals surface area contributed by atoms with Gasteiger partial charge < -0.3 is 20.8 Å². The maximum Gasteiger partial charge on any atom is 0.291 e. The Balaban J connectivity index is 2.08. The van der Waals surface area contributed by atoms with Crippen molar-refractivity contribution in [2.75, 3.05) is 16.8 Å². The van der Waals surface area contributed by atoms with Crippen molar-refractivity contribution in [1.29, 1.82) is 0 Å². The van der Waals surface area contributed by atoms with Crippen molar-refractivity contribution in [1.82, 2.24) is 15.3 Å². The molecule has 0 aliphatic carbocycles. The number of furan rings is 1. The molecule has 9 nitrogen and oxygen atoms in total. The highest BCUT2D eigenvalue weighted by molar-refractivity contribution is 9.10. The molecule has 0 bridgehead atoms. The Kier molecular flexibility index (Phi) is 6.26. The van der Waals surface area contributed by atoms with Crippen LogP contribution < -0.4 is 21.9 Å². The predicted octanol–water partition coefficient (Wildman–Crippen LogP) is 1.58. The number of aromatic amines is 1. The van der Waals surface area contributed by atoms with Gasteiger partial charge in [-0.2, -0.15) is 0 Å². The first-order chi connectivity index (χ1) is 11.8. The number of H-pyrrole nitrogens is 1. The van der Waals surface area contributed by atoms with Crippen LogP contribution in [0.4, 0.5) is 11.5 Å². The molecule has 0 aromatic carbocycles. The molecule has 11 heteroatoms. The average molecular weight is 430 g/mol. The van der Waals surface area contributed by atoms with Gasteiger partial charge in [-0.05, 0) is 41.9 Å². The zero-order chi connectivity index (χ0) is 18.6. The fraction of sp³-hybridized carbons (Fsp3) is 0.286. The number of nitrogen functional groups attached to an aromatic ring is 1. The monoisotopic (exact) mass is 429 g/mol. The molecule has 0 spiro atoms. The van der Waals surface area contributed by atoms with Crippen LogP contribution in [0.25, 0.3) is 0 Å². The Morgan fingerprint density at radius 1 is 1.44 bits per heavy atom. The zero-order valence-electron chi connectivity index (χ0n) is 13.4. The molecule has 0 aliphatic heterocycles. The Morgan fingerprint density at radius 3 is 2.72 bits per heavy atom. The third kappa shape index (κ3) is 5.36. The number of nitrogens with two attached hydrogens (primary N) is 1. The molecule has 0 atom stereocenters. The van der Waals surface area contributed by atoms with E-state index in [9.17, 15) is 14.4 Å². The smallest absolute Gasteiger partial charge is 0.291 e. The van der Waals surface area contributed by atoms with E-state index in [0.717, 1.165) is 11.8 Å². The predicted molar refractivity (Wildman–Crippen MR) is 97.6 cm³/mol. The van der Waals surface area contributed by atoms with Gasteiger partial charge in [-0.15, -0.1) is 0 Å². The molecular weight excluding hydrogens is 414 g/mol. The lowest BCUT2D eigenvalue weighted by Gasteiger charge is -2.09. The maximum atomic E-state index is 12.1. The second kappa shape index (κ2) is 8.21. The minimum absolute atomic E-state index is 0.00878. The number of carbonyl (C=O) groups is 2. The molecular formula is C14H16BrN5O4S. The lowest BCUT2D eigenvalue weighted by atomic mass is 10.4. The summed E-state index contributed by atoms with van der Waals surface area (Å²) in [7, 11) is 0. The van der Waals surface area contributed by atoms with E-state index in [1.807, 2.05) is 13.8 Å². The van der Waals surface area contributed by atoms with Crippen molar-refractivity contribution in [3.8, 4) is 0 Å². The van der Waals surface area contributed by atoms with Crippen molar-refractivity contribution in [3.63, 3.8) is 0 Å². The molecule has 0 fully saturated rings. The van der Waals surface area contributed by atoms with Crippen LogP contribution in [0.1, 0.15) is 24.4 Å². The Labute approximate surface area is 155 Å². The number of nitrogens with zero attached hydrogens (tertiary/aromatic N) is 1. The van der Waals surface area contributed by atoms with Gasteiger partial charge in [0.15, 0.2) is 27.1 Å². The summed E-state index contributed by atoms with van der Waals surface area (Å²) in [6.07, 6.45) is 0. The normalized spacial score (nSPS) is 10.7. The van der Waals surface area contributed by atoms with Crippen LogP contribution in [-0.4, -0.2) is 33.6 Å². The van der Waals surface area contributed by atoms with Gasteiger partial charge in [0.1, 0.15) is 0 Å². The second-order valence-corrected chi connectivity index (χ2v) is 6.95. The highest BCUT2D eigenvalue weighted by Crippen LogP contribution is 2.19. The first-order valence-electron chi connectivity index (χ1n) is 7.15. The summed E-state index contributed by atoms with van der Waals surface area (Å²) in [5.41, 5.74) is 4.93. The lowest BCUT2D eigenvalue weighted by molar-refractivity contribution is -0.119. The van der Waals surface area contributed by atoms with Crippen molar-refractivity contribution in [3.05, 3.63) is 32.9 Å². The van der Waals surface area contributed by atoms with Gasteiger partial charge >= 0.3 is 0 Å². The summed E-state index contributed by atoms with van der Waals surface area (Å²) in [4.78, 5) is 42.2. The van der Waals surface area contributed by atoms with Crippen LogP contribution in [-0.2, 0) is 4.79 Å². The van der Waals surface area contributed by atoms with Gasteiger partial charge in [0, 0.05) is 6.04 Å². The summed E-state index contributed by atoms with van der Waals surface area (Å²) < 4.78 is 5.48. The number of nitrogens with one attached hydrogen (secondary N) is 3. The molecule has 0 saturated carbocycles. The van der Waals surface area contributed by atoms with Crippen molar-refractivity contribution in [2.45, 2.75) is 25.0 Å². The number of carbonyl (C=O) groups excluding carboxylic acids is 2. The van der Waals surface area contributed by atoms with E-state index in [4.69, 9.17) is 10.2 Å². The quantitative estimate of drug-likeness (QED) is 0.402. The number of halogens is 1. The number of rotatable bonds is 6. The fourth-order valence-corrected chi connectivity index (χ4v) is 2.75. The van der Waals surface area contributed by atoms with Crippen LogP contribution in [0.5, 0.6) is 0 Å². The first kappa shape index (κ1) is 19.1. The van der Waals surface area contributed by atoms with E-state index >= 15 is 0 Å². The molecule has 2 heterocycles. The van der Waals surface area contributed by atoms with E-state index in [-0.39, 0.29) is 40.1 Å². The van der Waals surface area contributed by atoms with Gasteiger partial charge in [-0.25, -0.2) is 4.98 Å². The summed E-state index contributed by atoms with van der Waals surface area (Å²) in [6.45, 7) is 3.69. The van der Waals surface area contributed by atoms with Gasteiger partial charge in [-0.1, -0.05) is 11.8 Å². The minimum atomic E-state index is -0.638. The molecule has 0 saturated heterocycles. The zero-order valence-corrected chi connectivity index (χ0v) is 15.8. The van der Waals surface area contributed by atoms with Crippen LogP contribution >= 0.6 is 27.7 Å². The molecule has 2 aromatic heterocycles.